The second kappa shape index (κ2) is 7.53. The quantitative estimate of drug-likeness (QED) is 0.713. The van der Waals surface area contributed by atoms with Gasteiger partial charge in [0.1, 0.15) is 19.0 Å². The first-order chi connectivity index (χ1) is 14.8. The lowest BCUT2D eigenvalue weighted by Crippen LogP contribution is -2.45. The van der Waals surface area contributed by atoms with Crippen molar-refractivity contribution >= 4 is 10.0 Å². The number of ether oxygens (including phenoxy) is 2. The largest absolute Gasteiger partial charge is 0.486 e. The predicted octanol–water partition coefficient (Wildman–Crippen LogP) is 3.69. The van der Waals surface area contributed by atoms with Crippen LogP contribution in [0.15, 0.2) is 33.8 Å². The third-order valence-corrected chi connectivity index (χ3v) is 8.77. The molecule has 0 saturated heterocycles. The van der Waals surface area contributed by atoms with Crippen molar-refractivity contribution in [1.29, 1.82) is 0 Å². The highest BCUT2D eigenvalue weighted by Crippen LogP contribution is 2.52. The molecule has 1 atom stereocenters. The van der Waals surface area contributed by atoms with Crippen LogP contribution < -0.4 is 9.47 Å². The van der Waals surface area contributed by atoms with Crippen LogP contribution in [0.5, 0.6) is 11.5 Å². The highest BCUT2D eigenvalue weighted by Gasteiger charge is 2.45. The first-order valence-electron chi connectivity index (χ1n) is 11.0. The van der Waals surface area contributed by atoms with E-state index < -0.39 is 10.0 Å². The molecule has 7 nitrogen and oxygen atoms in total. The molecular weight excluding hydrogens is 416 g/mol. The van der Waals surface area contributed by atoms with Crippen LogP contribution in [-0.2, 0) is 22.0 Å². The van der Waals surface area contributed by atoms with E-state index in [9.17, 15) is 8.42 Å². The first kappa shape index (κ1) is 20.8. The van der Waals surface area contributed by atoms with Crippen molar-refractivity contribution in [3.05, 3.63) is 41.2 Å². The van der Waals surface area contributed by atoms with Crippen molar-refractivity contribution in [2.24, 2.45) is 0 Å². The molecule has 0 bridgehead atoms. The van der Waals surface area contributed by atoms with Crippen LogP contribution in [0.3, 0.4) is 0 Å². The summed E-state index contributed by atoms with van der Waals surface area (Å²) in [5.41, 5.74) is 2.78. The van der Waals surface area contributed by atoms with E-state index >= 15 is 0 Å². The molecule has 2 aliphatic heterocycles. The van der Waals surface area contributed by atoms with Gasteiger partial charge in [-0.2, -0.15) is 0 Å². The minimum atomic E-state index is -3.57. The lowest BCUT2D eigenvalue weighted by Gasteiger charge is -2.46. The number of hydrogen-bond donors (Lipinski definition) is 0. The van der Waals surface area contributed by atoms with Gasteiger partial charge in [-0.15, -0.1) is 0 Å². The lowest BCUT2D eigenvalue weighted by molar-refractivity contribution is 0.115. The molecule has 3 heterocycles. The zero-order valence-corrected chi connectivity index (χ0v) is 19.2. The van der Waals surface area contributed by atoms with Crippen LogP contribution >= 0.6 is 0 Å². The summed E-state index contributed by atoms with van der Waals surface area (Å²) in [4.78, 5) is 2.41. The summed E-state index contributed by atoms with van der Waals surface area (Å²) in [5.74, 6) is 2.35. The normalized spacial score (nSPS) is 22.8. The molecule has 1 aromatic carbocycles. The molecule has 1 aromatic heterocycles. The van der Waals surface area contributed by atoms with E-state index in [0.29, 0.717) is 25.5 Å². The Balaban J connectivity index is 1.49. The SMILES string of the molecule is CC1c2cc3c(cc2C2(CCCC2)CN1Cc1ccc(S(=O)(=O)N(C)C)o1)OCCO3. The molecule has 2 aromatic rings. The summed E-state index contributed by atoms with van der Waals surface area (Å²) in [7, 11) is -0.551. The summed E-state index contributed by atoms with van der Waals surface area (Å²) in [6.07, 6.45) is 4.76. The van der Waals surface area contributed by atoms with Gasteiger partial charge in [-0.1, -0.05) is 12.8 Å². The molecule has 8 heteroatoms. The van der Waals surface area contributed by atoms with E-state index in [1.54, 1.807) is 12.1 Å². The van der Waals surface area contributed by atoms with Gasteiger partial charge in [-0.3, -0.25) is 4.90 Å². The molecule has 0 N–H and O–H groups in total. The maximum Gasteiger partial charge on any atom is 0.275 e. The predicted molar refractivity (Wildman–Crippen MR) is 116 cm³/mol. The van der Waals surface area contributed by atoms with Crippen LogP contribution in [0.2, 0.25) is 0 Å². The van der Waals surface area contributed by atoms with Gasteiger partial charge in [0, 0.05) is 32.1 Å². The topological polar surface area (TPSA) is 72.2 Å². The maximum absolute atomic E-state index is 12.4. The smallest absolute Gasteiger partial charge is 0.275 e. The molecule has 1 saturated carbocycles. The molecule has 0 amide bonds. The van der Waals surface area contributed by atoms with Crippen molar-refractivity contribution < 1.29 is 22.3 Å². The molecule has 3 aliphatic rings. The van der Waals surface area contributed by atoms with Crippen LogP contribution in [0.25, 0.3) is 0 Å². The van der Waals surface area contributed by atoms with Gasteiger partial charge in [-0.05, 0) is 55.2 Å². The third kappa shape index (κ3) is 3.45. The van der Waals surface area contributed by atoms with E-state index in [1.807, 2.05) is 0 Å². The second-order valence-corrected chi connectivity index (χ2v) is 11.2. The molecule has 0 radical (unpaired) electrons. The zero-order valence-electron chi connectivity index (χ0n) is 18.4. The molecule has 5 rings (SSSR count). The van der Waals surface area contributed by atoms with Gasteiger partial charge in [0.05, 0.1) is 6.54 Å². The fourth-order valence-electron chi connectivity index (χ4n) is 5.35. The van der Waals surface area contributed by atoms with Crippen LogP contribution in [0.4, 0.5) is 0 Å². The Kier molecular flexibility index (Phi) is 5.07. The Hall–Kier alpha value is -2.03. The summed E-state index contributed by atoms with van der Waals surface area (Å²) >= 11 is 0. The zero-order chi connectivity index (χ0) is 21.8. The summed E-state index contributed by atoms with van der Waals surface area (Å²) in [6.45, 7) is 4.87. The van der Waals surface area contributed by atoms with Crippen molar-refractivity contribution in [1.82, 2.24) is 9.21 Å². The Bertz CT molecular complexity index is 1090. The van der Waals surface area contributed by atoms with Gasteiger partial charge in [0.2, 0.25) is 5.09 Å². The molecule has 1 unspecified atom stereocenters. The first-order valence-corrected chi connectivity index (χ1v) is 12.4. The molecule has 1 fully saturated rings. The Morgan fingerprint density at radius 3 is 2.45 bits per heavy atom. The molecule has 1 spiro atoms. The lowest BCUT2D eigenvalue weighted by atomic mass is 9.71. The van der Waals surface area contributed by atoms with E-state index in [4.69, 9.17) is 13.9 Å². The number of nitrogens with zero attached hydrogens (tertiary/aromatic N) is 2. The Morgan fingerprint density at radius 2 is 1.77 bits per heavy atom. The van der Waals surface area contributed by atoms with Gasteiger partial charge in [0.25, 0.3) is 10.0 Å². The van der Waals surface area contributed by atoms with Crippen LogP contribution in [0, 0.1) is 0 Å². The third-order valence-electron chi connectivity index (χ3n) is 7.08. The summed E-state index contributed by atoms with van der Waals surface area (Å²) < 4.78 is 43.5. The van der Waals surface area contributed by atoms with Gasteiger partial charge < -0.3 is 13.9 Å². The van der Waals surface area contributed by atoms with E-state index in [0.717, 1.165) is 30.9 Å². The fourth-order valence-corrected chi connectivity index (χ4v) is 6.16. The second-order valence-electron chi connectivity index (χ2n) is 9.16. The molecule has 31 heavy (non-hydrogen) atoms. The number of benzene rings is 1. The van der Waals surface area contributed by atoms with Crippen molar-refractivity contribution in [2.45, 2.75) is 55.7 Å². The number of hydrogen-bond acceptors (Lipinski definition) is 6. The fraction of sp³-hybridized carbons (Fsp3) is 0.565. The minimum Gasteiger partial charge on any atom is -0.486 e. The monoisotopic (exact) mass is 446 g/mol. The minimum absolute atomic E-state index is 0.00670. The van der Waals surface area contributed by atoms with E-state index in [1.165, 1.54) is 42.4 Å². The van der Waals surface area contributed by atoms with Crippen molar-refractivity contribution in [3.8, 4) is 11.5 Å². The number of rotatable bonds is 4. The average molecular weight is 447 g/mol. The standard InChI is InChI=1S/C23H30N2O5S/c1-16-18-12-20-21(29-11-10-28-20)13-19(18)23(8-4-5-9-23)15-25(16)14-17-6-7-22(30-17)31(26,27)24(2)3/h6-7,12-13,16H,4-5,8-11,14-15H2,1-3H3. The molecule has 1 aliphatic carbocycles. The van der Waals surface area contributed by atoms with Gasteiger partial charge >= 0.3 is 0 Å². The summed E-state index contributed by atoms with van der Waals surface area (Å²) in [5, 5.41) is -0.00670. The highest BCUT2D eigenvalue weighted by atomic mass is 32.2. The van der Waals surface area contributed by atoms with Gasteiger partial charge in [0.15, 0.2) is 11.5 Å². The van der Waals surface area contributed by atoms with E-state index in [2.05, 4.69) is 24.0 Å². The summed E-state index contributed by atoms with van der Waals surface area (Å²) in [6, 6.07) is 7.88. The average Bonchev–Trinajstić information content (AvgIpc) is 3.41. The van der Waals surface area contributed by atoms with Gasteiger partial charge in [-0.25, -0.2) is 12.7 Å². The van der Waals surface area contributed by atoms with Crippen molar-refractivity contribution in [2.75, 3.05) is 33.9 Å². The number of furan rings is 1. The Morgan fingerprint density at radius 1 is 1.10 bits per heavy atom. The van der Waals surface area contributed by atoms with Crippen LogP contribution in [-0.4, -0.2) is 51.5 Å². The van der Waals surface area contributed by atoms with Crippen LogP contribution in [0.1, 0.15) is 55.5 Å². The van der Waals surface area contributed by atoms with E-state index in [-0.39, 0.29) is 16.5 Å². The number of sulfonamides is 1. The Labute approximate surface area is 184 Å². The molecular formula is C23H30N2O5S. The highest BCUT2D eigenvalue weighted by molar-refractivity contribution is 7.88. The molecule has 168 valence electrons. The maximum atomic E-state index is 12.4. The van der Waals surface area contributed by atoms with Crippen molar-refractivity contribution in [3.63, 3.8) is 0 Å². The number of fused-ring (bicyclic) bond motifs is 3.